The summed E-state index contributed by atoms with van der Waals surface area (Å²) in [4.78, 5) is 29.8. The van der Waals surface area contributed by atoms with Crippen molar-refractivity contribution in [1.82, 2.24) is 10.3 Å². The number of imide groups is 1. The van der Waals surface area contributed by atoms with E-state index in [2.05, 4.69) is 10.3 Å². The van der Waals surface area contributed by atoms with Crippen molar-refractivity contribution < 1.29 is 9.59 Å². The Balaban J connectivity index is 2.03. The number of aromatic nitrogens is 1. The number of piperazine rings is 1. The first-order chi connectivity index (χ1) is 10.1. The molecule has 108 valence electrons. The van der Waals surface area contributed by atoms with Gasteiger partial charge in [0, 0.05) is 11.1 Å². The number of hydrogen-bond acceptors (Lipinski definition) is 5. The van der Waals surface area contributed by atoms with Crippen LogP contribution in [0, 0.1) is 0 Å². The maximum Gasteiger partial charge on any atom is 0.249 e. The van der Waals surface area contributed by atoms with Gasteiger partial charge in [-0.15, -0.1) is 0 Å². The van der Waals surface area contributed by atoms with Crippen molar-refractivity contribution in [3.8, 4) is 0 Å². The molecule has 1 fully saturated rings. The lowest BCUT2D eigenvalue weighted by Gasteiger charge is -2.34. The van der Waals surface area contributed by atoms with Crippen molar-refractivity contribution in [3.63, 3.8) is 0 Å². The first kappa shape index (κ1) is 13.4. The van der Waals surface area contributed by atoms with Crippen LogP contribution < -0.4 is 16.0 Å². The Bertz CT molecular complexity index is 729. The number of fused-ring (bicyclic) bond motifs is 1. The van der Waals surface area contributed by atoms with Crippen molar-refractivity contribution in [1.29, 1.82) is 0 Å². The first-order valence-electron chi connectivity index (χ1n) is 6.85. The number of pyridine rings is 1. The van der Waals surface area contributed by atoms with Crippen LogP contribution in [0.25, 0.3) is 10.9 Å². The van der Waals surface area contributed by atoms with E-state index in [0.717, 1.165) is 10.9 Å². The third kappa shape index (κ3) is 2.40. The maximum atomic E-state index is 11.9. The summed E-state index contributed by atoms with van der Waals surface area (Å²) in [6, 6.07) is 8.80. The molecule has 1 saturated heterocycles. The molecule has 2 amide bonds. The Morgan fingerprint density at radius 3 is 2.90 bits per heavy atom. The van der Waals surface area contributed by atoms with Crippen molar-refractivity contribution in [2.75, 3.05) is 17.2 Å². The molecule has 1 aliphatic heterocycles. The van der Waals surface area contributed by atoms with E-state index >= 15 is 0 Å². The van der Waals surface area contributed by atoms with Crippen LogP contribution in [0.3, 0.4) is 0 Å². The second-order valence-corrected chi connectivity index (χ2v) is 5.09. The van der Waals surface area contributed by atoms with Gasteiger partial charge in [-0.1, -0.05) is 6.92 Å². The summed E-state index contributed by atoms with van der Waals surface area (Å²) >= 11 is 0. The van der Waals surface area contributed by atoms with Crippen LogP contribution in [0.5, 0.6) is 0 Å². The average Bonchev–Trinajstić information content (AvgIpc) is 2.46. The molecular formula is C15H16N4O2. The molecule has 3 N–H and O–H groups in total. The first-order valence-corrected chi connectivity index (χ1v) is 6.85. The van der Waals surface area contributed by atoms with Crippen LogP contribution in [0.2, 0.25) is 0 Å². The molecule has 1 aliphatic rings. The normalized spacial score (nSPS) is 18.9. The number of benzene rings is 1. The summed E-state index contributed by atoms with van der Waals surface area (Å²) in [5, 5.41) is 3.29. The molecule has 0 spiro atoms. The zero-order chi connectivity index (χ0) is 15.0. The van der Waals surface area contributed by atoms with Gasteiger partial charge in [0.2, 0.25) is 11.8 Å². The van der Waals surface area contributed by atoms with E-state index in [0.29, 0.717) is 17.9 Å². The van der Waals surface area contributed by atoms with E-state index in [1.54, 1.807) is 11.0 Å². The van der Waals surface area contributed by atoms with Gasteiger partial charge in [-0.2, -0.15) is 0 Å². The lowest BCUT2D eigenvalue weighted by atomic mass is 10.1. The SMILES string of the molecule is CCC1C(=O)NC(=O)CN1c1ccc2cc(N)ccc2n1. The standard InChI is InChI=1S/C15H16N4O2/c1-2-12-15(21)18-14(20)8-19(12)13-6-3-9-7-10(16)4-5-11(9)17-13/h3-7,12H,2,8,16H2,1H3,(H,18,20,21). The molecule has 3 rings (SSSR count). The van der Waals surface area contributed by atoms with E-state index in [1.165, 1.54) is 0 Å². The van der Waals surface area contributed by atoms with Crippen LogP contribution in [0.15, 0.2) is 30.3 Å². The molecule has 1 unspecified atom stereocenters. The molecule has 6 nitrogen and oxygen atoms in total. The smallest absolute Gasteiger partial charge is 0.249 e. The summed E-state index contributed by atoms with van der Waals surface area (Å²) in [6.45, 7) is 2.05. The van der Waals surface area contributed by atoms with Gasteiger partial charge >= 0.3 is 0 Å². The van der Waals surface area contributed by atoms with Gasteiger partial charge in [0.25, 0.3) is 0 Å². The number of carbonyl (C=O) groups is 2. The second kappa shape index (κ2) is 5.05. The molecular weight excluding hydrogens is 268 g/mol. The summed E-state index contributed by atoms with van der Waals surface area (Å²) in [5.41, 5.74) is 7.21. The summed E-state index contributed by atoms with van der Waals surface area (Å²) in [6.07, 6.45) is 0.612. The van der Waals surface area contributed by atoms with Gasteiger partial charge in [-0.05, 0) is 36.8 Å². The highest BCUT2D eigenvalue weighted by atomic mass is 16.2. The molecule has 0 saturated carbocycles. The van der Waals surface area contributed by atoms with Gasteiger partial charge in [0.1, 0.15) is 11.9 Å². The predicted octanol–water partition coefficient (Wildman–Crippen LogP) is 1.06. The Hall–Kier alpha value is -2.63. The third-order valence-electron chi connectivity index (χ3n) is 3.63. The van der Waals surface area contributed by atoms with Crippen molar-refractivity contribution in [2.45, 2.75) is 19.4 Å². The fourth-order valence-corrected chi connectivity index (χ4v) is 2.61. The number of amides is 2. The third-order valence-corrected chi connectivity index (χ3v) is 3.63. The summed E-state index contributed by atoms with van der Waals surface area (Å²) < 4.78 is 0. The highest BCUT2D eigenvalue weighted by Gasteiger charge is 2.33. The van der Waals surface area contributed by atoms with Crippen LogP contribution in [-0.4, -0.2) is 29.4 Å². The molecule has 2 heterocycles. The Morgan fingerprint density at radius 2 is 2.14 bits per heavy atom. The second-order valence-electron chi connectivity index (χ2n) is 5.09. The quantitative estimate of drug-likeness (QED) is 0.636. The number of nitrogens with two attached hydrogens (primary N) is 1. The molecule has 2 aromatic rings. The molecule has 1 atom stereocenters. The van der Waals surface area contributed by atoms with E-state index in [9.17, 15) is 9.59 Å². The molecule has 0 aliphatic carbocycles. The van der Waals surface area contributed by atoms with Gasteiger partial charge in [-0.3, -0.25) is 14.9 Å². The molecule has 1 aromatic heterocycles. The number of rotatable bonds is 2. The number of nitrogens with one attached hydrogen (secondary N) is 1. The van der Waals surface area contributed by atoms with Crippen LogP contribution >= 0.6 is 0 Å². The van der Waals surface area contributed by atoms with Gasteiger partial charge in [0.15, 0.2) is 0 Å². The number of nitrogens with zero attached hydrogens (tertiary/aromatic N) is 2. The maximum absolute atomic E-state index is 11.9. The van der Waals surface area contributed by atoms with Crippen LogP contribution in [-0.2, 0) is 9.59 Å². The van der Waals surface area contributed by atoms with E-state index in [4.69, 9.17) is 5.73 Å². The molecule has 6 heteroatoms. The Kier molecular flexibility index (Phi) is 3.21. The Morgan fingerprint density at radius 1 is 1.33 bits per heavy atom. The highest BCUT2D eigenvalue weighted by Crippen LogP contribution is 2.23. The van der Waals surface area contributed by atoms with Crippen LogP contribution in [0.4, 0.5) is 11.5 Å². The monoisotopic (exact) mass is 284 g/mol. The topological polar surface area (TPSA) is 88.3 Å². The number of nitrogen functional groups attached to an aromatic ring is 1. The van der Waals surface area contributed by atoms with E-state index in [-0.39, 0.29) is 24.4 Å². The van der Waals surface area contributed by atoms with Gasteiger partial charge in [-0.25, -0.2) is 4.98 Å². The minimum Gasteiger partial charge on any atom is -0.399 e. The van der Waals surface area contributed by atoms with E-state index < -0.39 is 0 Å². The van der Waals surface area contributed by atoms with Gasteiger partial charge < -0.3 is 10.6 Å². The van der Waals surface area contributed by atoms with Crippen molar-refractivity contribution >= 4 is 34.2 Å². The Labute approximate surface area is 121 Å². The minimum absolute atomic E-state index is 0.137. The van der Waals surface area contributed by atoms with Crippen molar-refractivity contribution in [2.24, 2.45) is 0 Å². The fraction of sp³-hybridized carbons (Fsp3) is 0.267. The van der Waals surface area contributed by atoms with Gasteiger partial charge in [0.05, 0.1) is 12.1 Å². The number of carbonyl (C=O) groups excluding carboxylic acids is 2. The molecule has 1 aromatic carbocycles. The molecule has 0 radical (unpaired) electrons. The minimum atomic E-state index is -0.374. The zero-order valence-electron chi connectivity index (χ0n) is 11.7. The predicted molar refractivity (Wildman–Crippen MR) is 80.7 cm³/mol. The largest absolute Gasteiger partial charge is 0.399 e. The van der Waals surface area contributed by atoms with Crippen LogP contribution in [0.1, 0.15) is 13.3 Å². The number of hydrogen-bond donors (Lipinski definition) is 2. The average molecular weight is 284 g/mol. The number of anilines is 2. The lowest BCUT2D eigenvalue weighted by Crippen LogP contribution is -2.58. The zero-order valence-corrected chi connectivity index (χ0v) is 11.7. The molecule has 21 heavy (non-hydrogen) atoms. The summed E-state index contributed by atoms with van der Waals surface area (Å²) in [5.74, 6) is 0.0548. The highest BCUT2D eigenvalue weighted by molar-refractivity contribution is 6.04. The fourth-order valence-electron chi connectivity index (χ4n) is 2.61. The summed E-state index contributed by atoms with van der Waals surface area (Å²) in [7, 11) is 0. The molecule has 0 bridgehead atoms. The van der Waals surface area contributed by atoms with E-state index in [1.807, 2.05) is 31.2 Å². The van der Waals surface area contributed by atoms with Crippen molar-refractivity contribution in [3.05, 3.63) is 30.3 Å². The lowest BCUT2D eigenvalue weighted by molar-refractivity contribution is -0.132.